The van der Waals surface area contributed by atoms with Gasteiger partial charge in [-0.15, -0.1) is 0 Å². The first kappa shape index (κ1) is 14.0. The van der Waals surface area contributed by atoms with Gasteiger partial charge in [0.05, 0.1) is 6.10 Å². The predicted octanol–water partition coefficient (Wildman–Crippen LogP) is 1.63. The Morgan fingerprint density at radius 2 is 2.05 bits per heavy atom. The summed E-state index contributed by atoms with van der Waals surface area (Å²) >= 11 is 0. The van der Waals surface area contributed by atoms with Gasteiger partial charge in [-0.1, -0.05) is 0 Å². The number of aliphatic hydroxyl groups is 1. The van der Waals surface area contributed by atoms with Crippen molar-refractivity contribution in [2.75, 3.05) is 13.1 Å². The van der Waals surface area contributed by atoms with Crippen molar-refractivity contribution in [1.29, 1.82) is 0 Å². The number of piperidine rings is 1. The summed E-state index contributed by atoms with van der Waals surface area (Å²) in [5, 5.41) is 9.54. The highest BCUT2D eigenvalue weighted by atomic mass is 16.3. The van der Waals surface area contributed by atoms with E-state index in [0.717, 1.165) is 37.9 Å². The summed E-state index contributed by atoms with van der Waals surface area (Å²) in [4.78, 5) is 18.0. The molecule has 1 fully saturated rings. The maximum Gasteiger partial charge on any atom is 0.222 e. The lowest BCUT2D eigenvalue weighted by molar-refractivity contribution is -0.133. The van der Waals surface area contributed by atoms with Gasteiger partial charge in [-0.2, -0.15) is 0 Å². The molecule has 1 aromatic heterocycles. The number of nitrogens with zero attached hydrogens (tertiary/aromatic N) is 2. The highest BCUT2D eigenvalue weighted by Crippen LogP contribution is 2.21. The van der Waals surface area contributed by atoms with E-state index in [0.29, 0.717) is 12.3 Å². The summed E-state index contributed by atoms with van der Waals surface area (Å²) in [5.74, 6) is 0.574. The zero-order valence-electron chi connectivity index (χ0n) is 11.5. The van der Waals surface area contributed by atoms with Gasteiger partial charge in [0, 0.05) is 31.9 Å². The average molecular weight is 262 g/mol. The number of aryl methyl sites for hydroxylation is 1. The molecule has 0 aliphatic carbocycles. The lowest BCUT2D eigenvalue weighted by atomic mass is 9.92. The standard InChI is InChI=1S/C15H22N2O2/c1-12(18)14-6-10-17(11-7-14)15(19)3-2-13-4-8-16-9-5-13/h4-5,8-9,12,14,18H,2-3,6-7,10-11H2,1H3/t12-/m0/s1. The van der Waals surface area contributed by atoms with Crippen LogP contribution in [0.3, 0.4) is 0 Å². The van der Waals surface area contributed by atoms with Gasteiger partial charge in [0.25, 0.3) is 0 Å². The monoisotopic (exact) mass is 262 g/mol. The molecule has 1 aliphatic rings. The Labute approximate surface area is 114 Å². The van der Waals surface area contributed by atoms with Crippen molar-refractivity contribution in [2.24, 2.45) is 5.92 Å². The number of carbonyl (C=O) groups excluding carboxylic acids is 1. The van der Waals surface area contributed by atoms with Crippen molar-refractivity contribution < 1.29 is 9.90 Å². The van der Waals surface area contributed by atoms with Crippen LogP contribution in [-0.4, -0.2) is 40.1 Å². The second-order valence-electron chi connectivity index (χ2n) is 5.31. The molecule has 0 radical (unpaired) electrons. The fourth-order valence-corrected chi connectivity index (χ4v) is 2.59. The highest BCUT2D eigenvalue weighted by molar-refractivity contribution is 5.76. The van der Waals surface area contributed by atoms with Gasteiger partial charge in [-0.25, -0.2) is 0 Å². The summed E-state index contributed by atoms with van der Waals surface area (Å²) in [5.41, 5.74) is 1.15. The van der Waals surface area contributed by atoms with E-state index in [2.05, 4.69) is 4.98 Å². The number of carbonyl (C=O) groups is 1. The number of aromatic nitrogens is 1. The molecular weight excluding hydrogens is 240 g/mol. The van der Waals surface area contributed by atoms with E-state index < -0.39 is 0 Å². The van der Waals surface area contributed by atoms with Crippen molar-refractivity contribution in [3.8, 4) is 0 Å². The molecule has 0 spiro atoms. The van der Waals surface area contributed by atoms with E-state index in [1.54, 1.807) is 12.4 Å². The summed E-state index contributed by atoms with van der Waals surface area (Å²) in [6.07, 6.45) is 6.43. The number of hydrogen-bond donors (Lipinski definition) is 1. The smallest absolute Gasteiger partial charge is 0.222 e. The molecule has 0 saturated carbocycles. The maximum absolute atomic E-state index is 12.1. The lowest BCUT2D eigenvalue weighted by Crippen LogP contribution is -2.40. The minimum atomic E-state index is -0.255. The van der Waals surface area contributed by atoms with Gasteiger partial charge in [-0.3, -0.25) is 9.78 Å². The Morgan fingerprint density at radius 1 is 1.42 bits per heavy atom. The molecule has 2 heterocycles. The van der Waals surface area contributed by atoms with E-state index in [9.17, 15) is 9.90 Å². The van der Waals surface area contributed by atoms with Crippen molar-refractivity contribution in [2.45, 2.75) is 38.7 Å². The first-order chi connectivity index (χ1) is 9.16. The highest BCUT2D eigenvalue weighted by Gasteiger charge is 2.24. The van der Waals surface area contributed by atoms with Crippen LogP contribution in [0.4, 0.5) is 0 Å². The van der Waals surface area contributed by atoms with Gasteiger partial charge in [-0.05, 0) is 49.8 Å². The lowest BCUT2D eigenvalue weighted by Gasteiger charge is -2.33. The number of likely N-dealkylation sites (tertiary alicyclic amines) is 1. The van der Waals surface area contributed by atoms with Gasteiger partial charge < -0.3 is 10.0 Å². The zero-order chi connectivity index (χ0) is 13.7. The number of amides is 1. The quantitative estimate of drug-likeness (QED) is 0.897. The number of rotatable bonds is 4. The summed E-state index contributed by atoms with van der Waals surface area (Å²) in [6.45, 7) is 3.40. The predicted molar refractivity (Wildman–Crippen MR) is 73.5 cm³/mol. The van der Waals surface area contributed by atoms with Crippen LogP contribution in [0, 0.1) is 5.92 Å². The largest absolute Gasteiger partial charge is 0.393 e. The molecule has 1 aliphatic heterocycles. The van der Waals surface area contributed by atoms with Crippen LogP contribution >= 0.6 is 0 Å². The Hall–Kier alpha value is -1.42. The number of aliphatic hydroxyl groups excluding tert-OH is 1. The van der Waals surface area contributed by atoms with Gasteiger partial charge in [0.1, 0.15) is 0 Å². The van der Waals surface area contributed by atoms with Crippen LogP contribution in [0.25, 0.3) is 0 Å². The molecule has 104 valence electrons. The van der Waals surface area contributed by atoms with Crippen molar-refractivity contribution in [3.05, 3.63) is 30.1 Å². The van der Waals surface area contributed by atoms with Gasteiger partial charge >= 0.3 is 0 Å². The topological polar surface area (TPSA) is 53.4 Å². The summed E-state index contributed by atoms with van der Waals surface area (Å²) in [6, 6.07) is 3.90. The third kappa shape index (κ3) is 4.03. The van der Waals surface area contributed by atoms with Crippen molar-refractivity contribution in [3.63, 3.8) is 0 Å². The molecular formula is C15H22N2O2. The maximum atomic E-state index is 12.1. The fourth-order valence-electron chi connectivity index (χ4n) is 2.59. The molecule has 0 bridgehead atoms. The van der Waals surface area contributed by atoms with Crippen molar-refractivity contribution >= 4 is 5.91 Å². The SMILES string of the molecule is C[C@H](O)C1CCN(C(=O)CCc2ccncc2)CC1. The molecule has 2 rings (SSSR count). The van der Waals surface area contributed by atoms with Crippen LogP contribution < -0.4 is 0 Å². The molecule has 19 heavy (non-hydrogen) atoms. The third-order valence-corrected chi connectivity index (χ3v) is 3.95. The summed E-state index contributed by atoms with van der Waals surface area (Å²) in [7, 11) is 0. The Bertz CT molecular complexity index is 398. The summed E-state index contributed by atoms with van der Waals surface area (Å²) < 4.78 is 0. The van der Waals surface area contributed by atoms with E-state index in [1.807, 2.05) is 24.0 Å². The van der Waals surface area contributed by atoms with Crippen molar-refractivity contribution in [1.82, 2.24) is 9.88 Å². The van der Waals surface area contributed by atoms with Crippen LogP contribution in [-0.2, 0) is 11.2 Å². The van der Waals surface area contributed by atoms with Crippen LogP contribution in [0.1, 0.15) is 31.7 Å². The van der Waals surface area contributed by atoms with Crippen LogP contribution in [0.5, 0.6) is 0 Å². The molecule has 4 nitrogen and oxygen atoms in total. The third-order valence-electron chi connectivity index (χ3n) is 3.95. The Kier molecular flexibility index (Phi) is 4.91. The van der Waals surface area contributed by atoms with E-state index >= 15 is 0 Å². The van der Waals surface area contributed by atoms with Crippen LogP contribution in [0.2, 0.25) is 0 Å². The fraction of sp³-hybridized carbons (Fsp3) is 0.600. The van der Waals surface area contributed by atoms with E-state index in [4.69, 9.17) is 0 Å². The normalized spacial score (nSPS) is 18.3. The van der Waals surface area contributed by atoms with E-state index in [-0.39, 0.29) is 12.0 Å². The molecule has 0 unspecified atom stereocenters. The van der Waals surface area contributed by atoms with Gasteiger partial charge in [0.2, 0.25) is 5.91 Å². The molecule has 1 atom stereocenters. The molecule has 1 saturated heterocycles. The Balaban J connectivity index is 1.76. The molecule has 4 heteroatoms. The first-order valence-electron chi connectivity index (χ1n) is 7.01. The average Bonchev–Trinajstić information content (AvgIpc) is 2.46. The molecule has 1 aromatic rings. The number of hydrogen-bond acceptors (Lipinski definition) is 3. The molecule has 1 N–H and O–H groups in total. The molecule has 1 amide bonds. The van der Waals surface area contributed by atoms with E-state index in [1.165, 1.54) is 0 Å². The van der Waals surface area contributed by atoms with Gasteiger partial charge in [0.15, 0.2) is 0 Å². The first-order valence-corrected chi connectivity index (χ1v) is 7.01. The zero-order valence-corrected chi connectivity index (χ0v) is 11.5. The van der Waals surface area contributed by atoms with Crippen LogP contribution in [0.15, 0.2) is 24.5 Å². The minimum Gasteiger partial charge on any atom is -0.393 e. The number of pyridine rings is 1. The second-order valence-corrected chi connectivity index (χ2v) is 5.31. The second kappa shape index (κ2) is 6.66. The Morgan fingerprint density at radius 3 is 2.63 bits per heavy atom. The molecule has 0 aromatic carbocycles. The minimum absolute atomic E-state index is 0.223.